The SMILES string of the molecule is CCOC(=O)c1cncc(C2=C(c3cc(C(F)(F)F)ccc3OCc3ccc(Cl)cc3F)CCC2)c1. The Morgan fingerprint density at radius 3 is 2.56 bits per heavy atom. The molecule has 0 fully saturated rings. The van der Waals surface area contributed by atoms with Crippen molar-refractivity contribution in [2.45, 2.75) is 39.0 Å². The molecule has 0 unspecified atom stereocenters. The zero-order valence-electron chi connectivity index (χ0n) is 19.3. The summed E-state index contributed by atoms with van der Waals surface area (Å²) in [5, 5.41) is 0.228. The Morgan fingerprint density at radius 2 is 1.83 bits per heavy atom. The minimum absolute atomic E-state index is 0.191. The molecule has 0 spiro atoms. The minimum atomic E-state index is -4.56. The maximum Gasteiger partial charge on any atom is 0.416 e. The second kappa shape index (κ2) is 10.7. The molecule has 2 aromatic carbocycles. The fourth-order valence-corrected chi connectivity index (χ4v) is 4.31. The molecule has 1 aliphatic rings. The molecule has 9 heteroatoms. The quantitative estimate of drug-likeness (QED) is 0.236. The van der Waals surface area contributed by atoms with Gasteiger partial charge in [-0.05, 0) is 79.3 Å². The summed E-state index contributed by atoms with van der Waals surface area (Å²) in [6.07, 6.45) is 0.198. The van der Waals surface area contributed by atoms with Crippen molar-refractivity contribution in [3.63, 3.8) is 0 Å². The third-order valence-corrected chi connectivity index (χ3v) is 6.08. The van der Waals surface area contributed by atoms with Crippen molar-refractivity contribution in [2.75, 3.05) is 6.61 Å². The van der Waals surface area contributed by atoms with E-state index in [4.69, 9.17) is 21.1 Å². The van der Waals surface area contributed by atoms with Gasteiger partial charge in [0, 0.05) is 28.5 Å². The van der Waals surface area contributed by atoms with E-state index in [0.29, 0.717) is 30.4 Å². The predicted octanol–water partition coefficient (Wildman–Crippen LogP) is 7.74. The van der Waals surface area contributed by atoms with E-state index < -0.39 is 23.5 Å². The number of nitrogens with zero attached hydrogens (tertiary/aromatic N) is 1. The fraction of sp³-hybridized carbons (Fsp3) is 0.259. The van der Waals surface area contributed by atoms with E-state index in [9.17, 15) is 22.4 Å². The van der Waals surface area contributed by atoms with Crippen LogP contribution in [-0.4, -0.2) is 17.6 Å². The number of esters is 1. The Morgan fingerprint density at radius 1 is 1.06 bits per heavy atom. The van der Waals surface area contributed by atoms with Crippen molar-refractivity contribution in [1.82, 2.24) is 4.98 Å². The first-order valence-electron chi connectivity index (χ1n) is 11.3. The molecule has 0 radical (unpaired) electrons. The van der Waals surface area contributed by atoms with E-state index >= 15 is 0 Å². The lowest BCUT2D eigenvalue weighted by molar-refractivity contribution is -0.137. The second-order valence-electron chi connectivity index (χ2n) is 8.23. The summed E-state index contributed by atoms with van der Waals surface area (Å²) in [4.78, 5) is 16.3. The van der Waals surface area contributed by atoms with Crippen molar-refractivity contribution in [1.29, 1.82) is 0 Å². The van der Waals surface area contributed by atoms with Crippen LogP contribution in [0.25, 0.3) is 11.1 Å². The van der Waals surface area contributed by atoms with E-state index in [1.54, 1.807) is 19.2 Å². The number of rotatable bonds is 7. The van der Waals surface area contributed by atoms with Crippen molar-refractivity contribution < 1.29 is 31.8 Å². The van der Waals surface area contributed by atoms with Gasteiger partial charge in [-0.15, -0.1) is 0 Å². The lowest BCUT2D eigenvalue weighted by Gasteiger charge is -2.17. The average molecular weight is 520 g/mol. The standard InChI is InChI=1S/C27H22ClF4NO3/c1-2-35-26(34)18-10-17(13-33-14-18)21-4-3-5-22(21)23-11-19(27(30,31)32)7-9-25(23)36-15-16-6-8-20(28)12-24(16)29/h6-14H,2-5,15H2,1H3. The van der Waals surface area contributed by atoms with Crippen LogP contribution in [0, 0.1) is 5.82 Å². The fourth-order valence-electron chi connectivity index (χ4n) is 4.15. The molecule has 4 nitrogen and oxygen atoms in total. The molecule has 0 atom stereocenters. The van der Waals surface area contributed by atoms with E-state index in [1.807, 2.05) is 0 Å². The van der Waals surface area contributed by atoms with E-state index in [1.165, 1.54) is 24.4 Å². The van der Waals surface area contributed by atoms with Gasteiger partial charge in [-0.25, -0.2) is 9.18 Å². The number of ether oxygens (including phenoxy) is 2. The summed E-state index contributed by atoms with van der Waals surface area (Å²) in [5.74, 6) is -0.903. The second-order valence-corrected chi connectivity index (χ2v) is 8.66. The van der Waals surface area contributed by atoms with Gasteiger partial charge in [0.05, 0.1) is 17.7 Å². The van der Waals surface area contributed by atoms with Gasteiger partial charge in [-0.3, -0.25) is 4.98 Å². The predicted molar refractivity (Wildman–Crippen MR) is 128 cm³/mol. The topological polar surface area (TPSA) is 48.4 Å². The zero-order valence-corrected chi connectivity index (χ0v) is 20.0. The number of carbonyl (C=O) groups excluding carboxylic acids is 1. The highest BCUT2D eigenvalue weighted by atomic mass is 35.5. The first-order chi connectivity index (χ1) is 17.2. The smallest absolute Gasteiger partial charge is 0.416 e. The molecule has 0 saturated carbocycles. The molecule has 0 amide bonds. The molecule has 1 aliphatic carbocycles. The van der Waals surface area contributed by atoms with Crippen molar-refractivity contribution >= 4 is 28.7 Å². The summed E-state index contributed by atoms with van der Waals surface area (Å²) in [7, 11) is 0. The molecular formula is C27H22ClF4NO3. The summed E-state index contributed by atoms with van der Waals surface area (Å²) >= 11 is 5.80. The Bertz CT molecular complexity index is 1320. The van der Waals surface area contributed by atoms with E-state index in [2.05, 4.69) is 4.98 Å². The molecule has 4 rings (SSSR count). The van der Waals surface area contributed by atoms with Crippen LogP contribution >= 0.6 is 11.6 Å². The van der Waals surface area contributed by atoms with Gasteiger partial charge in [0.25, 0.3) is 0 Å². The molecule has 3 aromatic rings. The molecule has 0 bridgehead atoms. The summed E-state index contributed by atoms with van der Waals surface area (Å²) in [6.45, 7) is 1.71. The maximum absolute atomic E-state index is 14.2. The van der Waals surface area contributed by atoms with Crippen LogP contribution in [0.1, 0.15) is 58.8 Å². The largest absolute Gasteiger partial charge is 0.488 e. The first-order valence-corrected chi connectivity index (χ1v) is 11.7. The average Bonchev–Trinajstić information content (AvgIpc) is 3.33. The van der Waals surface area contributed by atoms with Gasteiger partial charge in [0.2, 0.25) is 0 Å². The number of benzene rings is 2. The summed E-state index contributed by atoms with van der Waals surface area (Å²) in [5.41, 5.74) is 1.99. The number of aromatic nitrogens is 1. The van der Waals surface area contributed by atoms with Gasteiger partial charge in [0.1, 0.15) is 18.2 Å². The number of hydrogen-bond acceptors (Lipinski definition) is 4. The Hall–Kier alpha value is -3.39. The molecule has 188 valence electrons. The van der Waals surface area contributed by atoms with Crippen LogP contribution in [0.3, 0.4) is 0 Å². The molecule has 1 heterocycles. The minimum Gasteiger partial charge on any atom is -0.488 e. The normalized spacial score (nSPS) is 13.7. The molecule has 0 saturated heterocycles. The number of alkyl halides is 3. The number of hydrogen-bond donors (Lipinski definition) is 0. The molecule has 1 aromatic heterocycles. The van der Waals surface area contributed by atoms with Crippen molar-refractivity contribution in [2.24, 2.45) is 0 Å². The highest BCUT2D eigenvalue weighted by Gasteiger charge is 2.32. The van der Waals surface area contributed by atoms with Crippen LogP contribution in [0.15, 0.2) is 54.9 Å². The van der Waals surface area contributed by atoms with Gasteiger partial charge in [-0.1, -0.05) is 17.7 Å². The van der Waals surface area contributed by atoms with Gasteiger partial charge in [-0.2, -0.15) is 13.2 Å². The third-order valence-electron chi connectivity index (χ3n) is 5.85. The highest BCUT2D eigenvalue weighted by Crippen LogP contribution is 2.44. The summed E-state index contributed by atoms with van der Waals surface area (Å²) < 4.78 is 65.9. The highest BCUT2D eigenvalue weighted by molar-refractivity contribution is 6.30. The molecular weight excluding hydrogens is 498 g/mol. The zero-order chi connectivity index (χ0) is 25.9. The number of halogens is 5. The Kier molecular flexibility index (Phi) is 7.64. The molecule has 0 aliphatic heterocycles. The lowest BCUT2D eigenvalue weighted by atomic mass is 9.95. The maximum atomic E-state index is 14.2. The van der Waals surface area contributed by atoms with Crippen LogP contribution in [0.5, 0.6) is 5.75 Å². The van der Waals surface area contributed by atoms with E-state index in [0.717, 1.165) is 23.8 Å². The summed E-state index contributed by atoms with van der Waals surface area (Å²) in [6, 6.07) is 9.00. The Labute approximate surface area is 210 Å². The van der Waals surface area contributed by atoms with Crippen LogP contribution in [0.2, 0.25) is 5.02 Å². The van der Waals surface area contributed by atoms with Gasteiger partial charge < -0.3 is 9.47 Å². The van der Waals surface area contributed by atoms with Gasteiger partial charge >= 0.3 is 12.1 Å². The van der Waals surface area contributed by atoms with Crippen LogP contribution in [0.4, 0.5) is 17.6 Å². The van der Waals surface area contributed by atoms with Crippen LogP contribution in [-0.2, 0) is 17.5 Å². The lowest BCUT2D eigenvalue weighted by Crippen LogP contribution is -2.07. The van der Waals surface area contributed by atoms with E-state index in [-0.39, 0.29) is 40.7 Å². The monoisotopic (exact) mass is 519 g/mol. The molecule has 36 heavy (non-hydrogen) atoms. The third kappa shape index (κ3) is 5.70. The Balaban J connectivity index is 1.76. The first kappa shape index (κ1) is 25.7. The number of carbonyl (C=O) groups is 1. The van der Waals surface area contributed by atoms with Crippen LogP contribution < -0.4 is 4.74 Å². The molecule has 0 N–H and O–H groups in total. The number of pyridine rings is 1. The van der Waals surface area contributed by atoms with Crippen molar-refractivity contribution in [3.05, 3.63) is 93.5 Å². The van der Waals surface area contributed by atoms with Gasteiger partial charge in [0.15, 0.2) is 0 Å². The number of allylic oxidation sites excluding steroid dienone is 2. The van der Waals surface area contributed by atoms with Crippen molar-refractivity contribution in [3.8, 4) is 5.75 Å².